The molecule has 0 bridgehead atoms. The molecule has 0 radical (unpaired) electrons. The maximum absolute atomic E-state index is 6.00. The SMILES string of the molecule is COc1cccc2c1Nc1cc(Cl)ccc1S2. The molecule has 0 spiro atoms. The number of ether oxygens (including phenoxy) is 1. The van der Waals surface area contributed by atoms with Crippen LogP contribution in [0.25, 0.3) is 0 Å². The van der Waals surface area contributed by atoms with Gasteiger partial charge in [-0.05, 0) is 30.3 Å². The predicted octanol–water partition coefficient (Wildman–Crippen LogP) is 4.56. The maximum Gasteiger partial charge on any atom is 0.143 e. The Kier molecular flexibility index (Phi) is 2.65. The van der Waals surface area contributed by atoms with Crippen LogP contribution in [0, 0.1) is 0 Å². The summed E-state index contributed by atoms with van der Waals surface area (Å²) in [7, 11) is 1.68. The molecule has 2 nitrogen and oxygen atoms in total. The Morgan fingerprint density at radius 2 is 2.06 bits per heavy atom. The van der Waals surface area contributed by atoms with Crippen LogP contribution in [0.15, 0.2) is 46.2 Å². The van der Waals surface area contributed by atoms with Crippen molar-refractivity contribution in [2.45, 2.75) is 9.79 Å². The molecule has 0 saturated heterocycles. The Hall–Kier alpha value is -1.32. The topological polar surface area (TPSA) is 21.3 Å². The highest BCUT2D eigenvalue weighted by Crippen LogP contribution is 2.48. The molecule has 2 aromatic rings. The monoisotopic (exact) mass is 263 g/mol. The van der Waals surface area contributed by atoms with Crippen LogP contribution in [-0.2, 0) is 0 Å². The molecule has 0 saturated carbocycles. The zero-order chi connectivity index (χ0) is 11.8. The van der Waals surface area contributed by atoms with E-state index in [1.165, 1.54) is 9.79 Å². The standard InChI is InChI=1S/C13H10ClNOS/c1-16-10-3-2-4-12-13(10)15-9-7-8(14)5-6-11(9)17-12/h2-7,15H,1H3. The Bertz CT molecular complexity index is 586. The molecule has 0 aromatic heterocycles. The first-order valence-corrected chi connectivity index (χ1v) is 6.39. The number of fused-ring (bicyclic) bond motifs is 2. The molecule has 3 rings (SSSR count). The maximum atomic E-state index is 6.00. The van der Waals surface area contributed by atoms with Crippen LogP contribution >= 0.6 is 23.4 Å². The van der Waals surface area contributed by atoms with Gasteiger partial charge in [0.25, 0.3) is 0 Å². The fourth-order valence-corrected chi connectivity index (χ4v) is 3.00. The third-order valence-electron chi connectivity index (χ3n) is 2.63. The molecule has 17 heavy (non-hydrogen) atoms. The molecular formula is C13H10ClNOS. The van der Waals surface area contributed by atoms with Gasteiger partial charge in [0.15, 0.2) is 0 Å². The van der Waals surface area contributed by atoms with Crippen molar-refractivity contribution in [2.75, 3.05) is 12.4 Å². The third kappa shape index (κ3) is 1.85. The summed E-state index contributed by atoms with van der Waals surface area (Å²) in [6.07, 6.45) is 0. The minimum absolute atomic E-state index is 0.732. The molecule has 1 aliphatic rings. The van der Waals surface area contributed by atoms with Crippen LogP contribution in [0.4, 0.5) is 11.4 Å². The van der Waals surface area contributed by atoms with Gasteiger partial charge in [-0.2, -0.15) is 0 Å². The fourth-order valence-electron chi connectivity index (χ4n) is 1.83. The summed E-state index contributed by atoms with van der Waals surface area (Å²) in [5.74, 6) is 0.848. The van der Waals surface area contributed by atoms with Gasteiger partial charge < -0.3 is 10.1 Å². The molecule has 1 heterocycles. The number of anilines is 2. The second-order valence-electron chi connectivity index (χ2n) is 3.70. The average molecular weight is 264 g/mol. The number of methoxy groups -OCH3 is 1. The summed E-state index contributed by atoms with van der Waals surface area (Å²) in [5, 5.41) is 4.10. The van der Waals surface area contributed by atoms with Gasteiger partial charge in [-0.15, -0.1) is 0 Å². The summed E-state index contributed by atoms with van der Waals surface area (Å²) in [6, 6.07) is 11.9. The molecule has 86 valence electrons. The van der Waals surface area contributed by atoms with Crippen LogP contribution in [0.5, 0.6) is 5.75 Å². The molecule has 0 aliphatic carbocycles. The van der Waals surface area contributed by atoms with Gasteiger partial charge >= 0.3 is 0 Å². The quantitative estimate of drug-likeness (QED) is 0.696. The number of para-hydroxylation sites is 1. The smallest absolute Gasteiger partial charge is 0.143 e. The molecule has 1 N–H and O–H groups in total. The van der Waals surface area contributed by atoms with Gasteiger partial charge in [0.1, 0.15) is 5.75 Å². The molecule has 1 aliphatic heterocycles. The van der Waals surface area contributed by atoms with Crippen LogP contribution in [0.1, 0.15) is 0 Å². The summed E-state index contributed by atoms with van der Waals surface area (Å²) in [4.78, 5) is 2.34. The Morgan fingerprint density at radius 3 is 2.88 bits per heavy atom. The Balaban J connectivity index is 2.11. The lowest BCUT2D eigenvalue weighted by Gasteiger charge is -2.22. The Morgan fingerprint density at radius 1 is 1.18 bits per heavy atom. The lowest BCUT2D eigenvalue weighted by atomic mass is 10.2. The van der Waals surface area contributed by atoms with E-state index in [-0.39, 0.29) is 0 Å². The van der Waals surface area contributed by atoms with Crippen molar-refractivity contribution >= 4 is 34.7 Å². The van der Waals surface area contributed by atoms with Gasteiger partial charge in [0, 0.05) is 14.8 Å². The summed E-state index contributed by atoms with van der Waals surface area (Å²) in [6.45, 7) is 0. The second-order valence-corrected chi connectivity index (χ2v) is 5.22. The van der Waals surface area contributed by atoms with Crippen LogP contribution in [-0.4, -0.2) is 7.11 Å². The second kappa shape index (κ2) is 4.17. The van der Waals surface area contributed by atoms with Gasteiger partial charge in [0.05, 0.1) is 18.5 Å². The zero-order valence-electron chi connectivity index (χ0n) is 9.16. The molecule has 0 unspecified atom stereocenters. The van der Waals surface area contributed by atoms with E-state index in [0.717, 1.165) is 22.1 Å². The van der Waals surface area contributed by atoms with Crippen molar-refractivity contribution in [1.29, 1.82) is 0 Å². The predicted molar refractivity (Wildman–Crippen MR) is 71.9 cm³/mol. The highest BCUT2D eigenvalue weighted by atomic mass is 35.5. The first-order valence-electron chi connectivity index (χ1n) is 5.19. The van der Waals surface area contributed by atoms with E-state index < -0.39 is 0 Å². The van der Waals surface area contributed by atoms with E-state index in [0.29, 0.717) is 0 Å². The molecule has 0 atom stereocenters. The molecule has 0 amide bonds. The van der Waals surface area contributed by atoms with E-state index in [9.17, 15) is 0 Å². The largest absolute Gasteiger partial charge is 0.495 e. The molecule has 0 fully saturated rings. The van der Waals surface area contributed by atoms with E-state index in [4.69, 9.17) is 16.3 Å². The lowest BCUT2D eigenvalue weighted by Crippen LogP contribution is -2.01. The number of halogens is 1. The number of rotatable bonds is 1. The minimum Gasteiger partial charge on any atom is -0.495 e. The van der Waals surface area contributed by atoms with Gasteiger partial charge in [0.2, 0.25) is 0 Å². The fraction of sp³-hybridized carbons (Fsp3) is 0.0769. The van der Waals surface area contributed by atoms with Crippen LogP contribution in [0.3, 0.4) is 0 Å². The van der Waals surface area contributed by atoms with E-state index in [1.54, 1.807) is 18.9 Å². The van der Waals surface area contributed by atoms with E-state index >= 15 is 0 Å². The third-order valence-corrected chi connectivity index (χ3v) is 4.00. The van der Waals surface area contributed by atoms with Crippen molar-refractivity contribution in [3.8, 4) is 5.75 Å². The van der Waals surface area contributed by atoms with Crippen molar-refractivity contribution < 1.29 is 4.74 Å². The van der Waals surface area contributed by atoms with Gasteiger partial charge in [-0.25, -0.2) is 0 Å². The minimum atomic E-state index is 0.732. The van der Waals surface area contributed by atoms with E-state index in [1.807, 2.05) is 30.3 Å². The normalized spacial score (nSPS) is 12.4. The van der Waals surface area contributed by atoms with Crippen molar-refractivity contribution in [1.82, 2.24) is 0 Å². The first-order chi connectivity index (χ1) is 8.28. The number of nitrogens with one attached hydrogen (secondary N) is 1. The molecule has 4 heteroatoms. The van der Waals surface area contributed by atoms with Crippen molar-refractivity contribution in [3.63, 3.8) is 0 Å². The summed E-state index contributed by atoms with van der Waals surface area (Å²) in [5.41, 5.74) is 2.04. The first kappa shape index (κ1) is 10.8. The zero-order valence-corrected chi connectivity index (χ0v) is 10.7. The Labute approximate surface area is 109 Å². The summed E-state index contributed by atoms with van der Waals surface area (Å²) >= 11 is 7.72. The van der Waals surface area contributed by atoms with Gasteiger partial charge in [-0.1, -0.05) is 29.4 Å². The van der Waals surface area contributed by atoms with Gasteiger partial charge in [-0.3, -0.25) is 0 Å². The number of benzene rings is 2. The van der Waals surface area contributed by atoms with Crippen LogP contribution in [0.2, 0.25) is 5.02 Å². The lowest BCUT2D eigenvalue weighted by molar-refractivity contribution is 0.416. The van der Waals surface area contributed by atoms with E-state index in [2.05, 4.69) is 11.4 Å². The summed E-state index contributed by atoms with van der Waals surface area (Å²) < 4.78 is 5.35. The number of hydrogen-bond acceptors (Lipinski definition) is 3. The van der Waals surface area contributed by atoms with Crippen molar-refractivity contribution in [3.05, 3.63) is 41.4 Å². The average Bonchev–Trinajstić information content (AvgIpc) is 2.35. The molecular weight excluding hydrogens is 254 g/mol. The highest BCUT2D eigenvalue weighted by molar-refractivity contribution is 7.99. The highest BCUT2D eigenvalue weighted by Gasteiger charge is 2.18. The van der Waals surface area contributed by atoms with Crippen molar-refractivity contribution in [2.24, 2.45) is 0 Å². The number of hydrogen-bond donors (Lipinski definition) is 1. The molecule has 2 aromatic carbocycles. The van der Waals surface area contributed by atoms with Crippen LogP contribution < -0.4 is 10.1 Å².